The molecule has 4 aromatic carbocycles. The highest BCUT2D eigenvalue weighted by Crippen LogP contribution is 2.35. The van der Waals surface area contributed by atoms with Crippen LogP contribution in [0.4, 0.5) is 4.39 Å². The average molecular weight is 495 g/mol. The Kier molecular flexibility index (Phi) is 8.54. The lowest BCUT2D eigenvalue weighted by Gasteiger charge is -2.39. The first-order chi connectivity index (χ1) is 18.3. The third kappa shape index (κ3) is 6.80. The minimum absolute atomic E-state index is 0.110. The molecule has 1 aliphatic rings. The molecule has 4 heteroatoms. The van der Waals surface area contributed by atoms with Crippen molar-refractivity contribution in [2.75, 3.05) is 0 Å². The van der Waals surface area contributed by atoms with Crippen molar-refractivity contribution in [2.45, 2.75) is 44.1 Å². The van der Waals surface area contributed by atoms with Gasteiger partial charge in [-0.05, 0) is 34.4 Å². The first-order valence-corrected chi connectivity index (χ1v) is 12.7. The van der Waals surface area contributed by atoms with Crippen LogP contribution in [0.5, 0.6) is 0 Å². The normalized spacial score (nSPS) is 21.1. The van der Waals surface area contributed by atoms with E-state index in [2.05, 4.69) is 48.6 Å². The predicted molar refractivity (Wildman–Crippen MR) is 143 cm³/mol. The minimum atomic E-state index is -0.368. The Balaban J connectivity index is 1.43. The number of rotatable bonds is 10. The van der Waals surface area contributed by atoms with Gasteiger partial charge < -0.3 is 14.2 Å². The minimum Gasteiger partial charge on any atom is -0.370 e. The molecule has 0 heterocycles. The van der Waals surface area contributed by atoms with Gasteiger partial charge >= 0.3 is 0 Å². The summed E-state index contributed by atoms with van der Waals surface area (Å²) in [5, 5.41) is 0. The molecule has 0 saturated carbocycles. The lowest BCUT2D eigenvalue weighted by atomic mass is 9.83. The SMILES string of the molecule is Fc1ccc([C@@H]2C=C[C@H](OCc3ccccc3)[C@@H](OCc3ccccc3)[C@@H]2OCc2ccccc2)cc1. The summed E-state index contributed by atoms with van der Waals surface area (Å²) in [6, 6.07) is 37.0. The molecule has 4 atom stereocenters. The van der Waals surface area contributed by atoms with Crippen molar-refractivity contribution in [1.29, 1.82) is 0 Å². The van der Waals surface area contributed by atoms with Gasteiger partial charge in [0.1, 0.15) is 18.0 Å². The molecule has 5 rings (SSSR count). The van der Waals surface area contributed by atoms with Crippen LogP contribution in [0.15, 0.2) is 127 Å². The summed E-state index contributed by atoms with van der Waals surface area (Å²) < 4.78 is 33.3. The van der Waals surface area contributed by atoms with Crippen molar-refractivity contribution in [3.05, 3.63) is 155 Å². The Labute approximate surface area is 218 Å². The van der Waals surface area contributed by atoms with Gasteiger partial charge in [0, 0.05) is 5.92 Å². The summed E-state index contributed by atoms with van der Waals surface area (Å²) in [5.74, 6) is -0.368. The maximum atomic E-state index is 13.7. The molecule has 0 saturated heterocycles. The van der Waals surface area contributed by atoms with E-state index in [0.29, 0.717) is 19.8 Å². The van der Waals surface area contributed by atoms with Gasteiger partial charge in [0.15, 0.2) is 0 Å². The number of hydrogen-bond acceptors (Lipinski definition) is 3. The number of halogens is 1. The molecule has 0 bridgehead atoms. The van der Waals surface area contributed by atoms with Crippen LogP contribution < -0.4 is 0 Å². The summed E-state index contributed by atoms with van der Waals surface area (Å²) in [4.78, 5) is 0. The van der Waals surface area contributed by atoms with Crippen molar-refractivity contribution in [1.82, 2.24) is 0 Å². The maximum Gasteiger partial charge on any atom is 0.123 e. The van der Waals surface area contributed by atoms with Crippen molar-refractivity contribution < 1.29 is 18.6 Å². The Hall–Kier alpha value is -3.57. The van der Waals surface area contributed by atoms with E-state index in [1.54, 1.807) is 0 Å². The van der Waals surface area contributed by atoms with Crippen LogP contribution in [-0.2, 0) is 34.0 Å². The second kappa shape index (κ2) is 12.6. The van der Waals surface area contributed by atoms with Gasteiger partial charge in [-0.2, -0.15) is 0 Å². The predicted octanol–water partition coefficient (Wildman–Crippen LogP) is 7.24. The van der Waals surface area contributed by atoms with Gasteiger partial charge in [-0.3, -0.25) is 0 Å². The van der Waals surface area contributed by atoms with Crippen molar-refractivity contribution in [3.8, 4) is 0 Å². The first kappa shape index (κ1) is 25.1. The summed E-state index contributed by atoms with van der Waals surface area (Å²) in [6.45, 7) is 1.34. The maximum absolute atomic E-state index is 13.7. The number of hydrogen-bond donors (Lipinski definition) is 0. The Bertz CT molecular complexity index is 1240. The van der Waals surface area contributed by atoms with Crippen LogP contribution in [0.1, 0.15) is 28.2 Å². The molecule has 0 fully saturated rings. The smallest absolute Gasteiger partial charge is 0.123 e. The van der Waals surface area contributed by atoms with Gasteiger partial charge in [0.05, 0.1) is 25.9 Å². The van der Waals surface area contributed by atoms with E-state index in [-0.39, 0.29) is 30.0 Å². The molecule has 3 nitrogen and oxygen atoms in total. The lowest BCUT2D eigenvalue weighted by Crippen LogP contribution is -2.47. The summed E-state index contributed by atoms with van der Waals surface area (Å²) in [5.41, 5.74) is 4.24. The summed E-state index contributed by atoms with van der Waals surface area (Å²) in [6.07, 6.45) is 3.17. The van der Waals surface area contributed by atoms with Crippen LogP contribution in [0.2, 0.25) is 0 Å². The van der Waals surface area contributed by atoms with Crippen LogP contribution >= 0.6 is 0 Å². The fraction of sp³-hybridized carbons (Fsp3) is 0.212. The molecular weight excluding hydrogens is 463 g/mol. The van der Waals surface area contributed by atoms with E-state index in [4.69, 9.17) is 14.2 Å². The largest absolute Gasteiger partial charge is 0.370 e. The van der Waals surface area contributed by atoms with Crippen LogP contribution in [0.25, 0.3) is 0 Å². The zero-order chi connectivity index (χ0) is 25.3. The fourth-order valence-corrected chi connectivity index (χ4v) is 4.66. The van der Waals surface area contributed by atoms with Gasteiger partial charge in [-0.25, -0.2) is 4.39 Å². The molecule has 0 amide bonds. The van der Waals surface area contributed by atoms with E-state index in [0.717, 1.165) is 22.3 Å². The third-order valence-corrected chi connectivity index (χ3v) is 6.62. The topological polar surface area (TPSA) is 27.7 Å². The Morgan fingerprint density at radius 3 is 1.46 bits per heavy atom. The fourth-order valence-electron chi connectivity index (χ4n) is 4.66. The molecule has 0 aromatic heterocycles. The highest BCUT2D eigenvalue weighted by molar-refractivity contribution is 5.30. The standard InChI is InChI=1S/C33H31FO3/c34-29-18-16-28(17-19-29)30-20-21-31(35-22-25-10-4-1-5-11-25)33(37-24-27-14-8-3-9-15-27)32(30)36-23-26-12-6-2-7-13-26/h1-21,30-33H,22-24H2/t30-,31-,32+,33+/m0/s1. The quantitative estimate of drug-likeness (QED) is 0.218. The van der Waals surface area contributed by atoms with Gasteiger partial charge in [0.25, 0.3) is 0 Å². The molecule has 4 aromatic rings. The monoisotopic (exact) mass is 494 g/mol. The zero-order valence-corrected chi connectivity index (χ0v) is 20.7. The molecular formula is C33H31FO3. The highest BCUT2D eigenvalue weighted by Gasteiger charge is 2.39. The van der Waals surface area contributed by atoms with E-state index < -0.39 is 0 Å². The van der Waals surface area contributed by atoms with E-state index >= 15 is 0 Å². The Morgan fingerprint density at radius 1 is 0.486 bits per heavy atom. The molecule has 37 heavy (non-hydrogen) atoms. The van der Waals surface area contributed by atoms with Gasteiger partial charge in [-0.1, -0.05) is 115 Å². The summed E-state index contributed by atoms with van der Waals surface area (Å²) >= 11 is 0. The molecule has 0 spiro atoms. The number of ether oxygens (including phenoxy) is 3. The third-order valence-electron chi connectivity index (χ3n) is 6.62. The first-order valence-electron chi connectivity index (χ1n) is 12.7. The van der Waals surface area contributed by atoms with Crippen LogP contribution in [0.3, 0.4) is 0 Å². The molecule has 188 valence electrons. The second-order valence-corrected chi connectivity index (χ2v) is 9.25. The number of benzene rings is 4. The second-order valence-electron chi connectivity index (χ2n) is 9.25. The average Bonchev–Trinajstić information content (AvgIpc) is 2.96. The van der Waals surface area contributed by atoms with Gasteiger partial charge in [-0.15, -0.1) is 0 Å². The van der Waals surface area contributed by atoms with E-state index in [9.17, 15) is 4.39 Å². The lowest BCUT2D eigenvalue weighted by molar-refractivity contribution is -0.147. The zero-order valence-electron chi connectivity index (χ0n) is 20.7. The molecule has 1 aliphatic carbocycles. The summed E-state index contributed by atoms with van der Waals surface area (Å²) in [7, 11) is 0. The molecule has 0 aliphatic heterocycles. The molecule has 0 radical (unpaired) electrons. The molecule has 0 unspecified atom stereocenters. The van der Waals surface area contributed by atoms with Crippen molar-refractivity contribution in [3.63, 3.8) is 0 Å². The van der Waals surface area contributed by atoms with E-state index in [1.807, 2.05) is 66.7 Å². The van der Waals surface area contributed by atoms with Gasteiger partial charge in [0.2, 0.25) is 0 Å². The molecule has 0 N–H and O–H groups in total. The van der Waals surface area contributed by atoms with Crippen LogP contribution in [0, 0.1) is 5.82 Å². The van der Waals surface area contributed by atoms with Crippen LogP contribution in [-0.4, -0.2) is 18.3 Å². The van der Waals surface area contributed by atoms with E-state index in [1.165, 1.54) is 12.1 Å². The highest BCUT2D eigenvalue weighted by atomic mass is 19.1. The Morgan fingerprint density at radius 2 is 0.946 bits per heavy atom. The van der Waals surface area contributed by atoms with Crippen molar-refractivity contribution >= 4 is 0 Å². The van der Waals surface area contributed by atoms with Crippen molar-refractivity contribution in [2.24, 2.45) is 0 Å².